The van der Waals surface area contributed by atoms with E-state index in [9.17, 15) is 9.59 Å². The molecule has 1 N–H and O–H groups in total. The highest BCUT2D eigenvalue weighted by Gasteiger charge is 2.35. The second-order valence-corrected chi connectivity index (χ2v) is 6.97. The van der Waals surface area contributed by atoms with Crippen molar-refractivity contribution >= 4 is 11.8 Å². The van der Waals surface area contributed by atoms with Crippen LogP contribution >= 0.6 is 0 Å². The molecule has 1 atom stereocenters. The quantitative estimate of drug-likeness (QED) is 0.927. The molecule has 0 spiro atoms. The summed E-state index contributed by atoms with van der Waals surface area (Å²) in [7, 11) is 1.83. The maximum absolute atomic E-state index is 12.9. The molecule has 1 aliphatic carbocycles. The number of nitrogens with one attached hydrogen (secondary N) is 1. The van der Waals surface area contributed by atoms with E-state index in [1.165, 1.54) is 0 Å². The van der Waals surface area contributed by atoms with E-state index in [1.54, 1.807) is 4.68 Å². The van der Waals surface area contributed by atoms with Crippen molar-refractivity contribution in [2.75, 3.05) is 0 Å². The first-order valence-electron chi connectivity index (χ1n) is 8.74. The number of aromatic nitrogens is 2. The summed E-state index contributed by atoms with van der Waals surface area (Å²) in [5, 5.41) is 7.36. The largest absolute Gasteiger partial charge is 0.348 e. The number of hydrogen-bond acceptors (Lipinski definition) is 3. The van der Waals surface area contributed by atoms with Crippen molar-refractivity contribution in [2.45, 2.75) is 44.8 Å². The third kappa shape index (κ3) is 2.92. The van der Waals surface area contributed by atoms with E-state index in [4.69, 9.17) is 0 Å². The van der Waals surface area contributed by atoms with Crippen LogP contribution in [0.15, 0.2) is 30.3 Å². The van der Waals surface area contributed by atoms with Gasteiger partial charge in [0.1, 0.15) is 0 Å². The van der Waals surface area contributed by atoms with Crippen molar-refractivity contribution in [1.29, 1.82) is 0 Å². The lowest BCUT2D eigenvalue weighted by atomic mass is 10.00. The summed E-state index contributed by atoms with van der Waals surface area (Å²) in [5.41, 5.74) is 3.31. The van der Waals surface area contributed by atoms with E-state index in [0.29, 0.717) is 24.8 Å². The average Bonchev–Trinajstić information content (AvgIpc) is 3.23. The van der Waals surface area contributed by atoms with Crippen molar-refractivity contribution in [2.24, 2.45) is 7.05 Å². The van der Waals surface area contributed by atoms with Gasteiger partial charge in [0.25, 0.3) is 5.91 Å². The summed E-state index contributed by atoms with van der Waals surface area (Å²) in [6, 6.07) is 10.1. The smallest absolute Gasteiger partial charge is 0.272 e. The summed E-state index contributed by atoms with van der Waals surface area (Å²) in [6.45, 7) is 2.89. The van der Waals surface area contributed by atoms with Crippen molar-refractivity contribution in [3.05, 3.63) is 52.8 Å². The Balaban J connectivity index is 1.52. The molecule has 2 aromatic rings. The number of carbonyl (C=O) groups is 2. The van der Waals surface area contributed by atoms with Gasteiger partial charge in [-0.05, 0) is 25.3 Å². The van der Waals surface area contributed by atoms with Crippen LogP contribution in [0, 0.1) is 0 Å². The van der Waals surface area contributed by atoms with Crippen LogP contribution in [-0.2, 0) is 24.9 Å². The highest BCUT2D eigenvalue weighted by molar-refractivity contribution is 5.95. The van der Waals surface area contributed by atoms with Crippen LogP contribution in [0.1, 0.15) is 53.0 Å². The standard InChI is InChI=1S/C19H22N4O2/c1-12(13-6-4-3-5-7-13)19(25)23-10-15-16(11-23)22(2)21-17(15)18(24)20-14-8-9-14/h3-7,12,14H,8-11H2,1-2H3,(H,20,24)/t12-/m1/s1. The normalized spacial score (nSPS) is 17.3. The monoisotopic (exact) mass is 338 g/mol. The van der Waals surface area contributed by atoms with Gasteiger partial charge in [0.15, 0.2) is 5.69 Å². The summed E-state index contributed by atoms with van der Waals surface area (Å²) in [6.07, 6.45) is 2.08. The molecular formula is C19H22N4O2. The predicted octanol–water partition coefficient (Wildman–Crippen LogP) is 1.96. The predicted molar refractivity (Wildman–Crippen MR) is 92.8 cm³/mol. The molecule has 0 bridgehead atoms. The fourth-order valence-electron chi connectivity index (χ4n) is 3.37. The number of aryl methyl sites for hydroxylation is 1. The summed E-state index contributed by atoms with van der Waals surface area (Å²) < 4.78 is 1.73. The van der Waals surface area contributed by atoms with Gasteiger partial charge in [0, 0.05) is 18.7 Å². The Kier molecular flexibility index (Phi) is 3.82. The minimum atomic E-state index is -0.202. The van der Waals surface area contributed by atoms with Gasteiger partial charge in [0.05, 0.1) is 24.7 Å². The Morgan fingerprint density at radius 1 is 1.20 bits per heavy atom. The lowest BCUT2D eigenvalue weighted by molar-refractivity contribution is -0.133. The lowest BCUT2D eigenvalue weighted by Crippen LogP contribution is -2.31. The van der Waals surface area contributed by atoms with Crippen LogP contribution in [0.2, 0.25) is 0 Å². The topological polar surface area (TPSA) is 67.2 Å². The number of benzene rings is 1. The first kappa shape index (κ1) is 15.9. The zero-order valence-corrected chi connectivity index (χ0v) is 14.5. The maximum atomic E-state index is 12.9. The van der Waals surface area contributed by atoms with Crippen LogP contribution in [0.25, 0.3) is 0 Å². The third-order valence-electron chi connectivity index (χ3n) is 5.07. The van der Waals surface area contributed by atoms with E-state index < -0.39 is 0 Å². The van der Waals surface area contributed by atoms with Crippen molar-refractivity contribution in [3.8, 4) is 0 Å². The van der Waals surface area contributed by atoms with Gasteiger partial charge in [-0.3, -0.25) is 14.3 Å². The van der Waals surface area contributed by atoms with Crippen LogP contribution in [0.4, 0.5) is 0 Å². The van der Waals surface area contributed by atoms with Crippen LogP contribution in [-0.4, -0.2) is 32.5 Å². The molecule has 130 valence electrons. The molecule has 25 heavy (non-hydrogen) atoms. The van der Waals surface area contributed by atoms with Crippen LogP contribution < -0.4 is 5.32 Å². The zero-order chi connectivity index (χ0) is 17.6. The summed E-state index contributed by atoms with van der Waals surface area (Å²) >= 11 is 0. The molecule has 1 aromatic heterocycles. The molecule has 6 nitrogen and oxygen atoms in total. The zero-order valence-electron chi connectivity index (χ0n) is 14.5. The highest BCUT2D eigenvalue weighted by atomic mass is 16.2. The second-order valence-electron chi connectivity index (χ2n) is 6.97. The van der Waals surface area contributed by atoms with Gasteiger partial charge < -0.3 is 10.2 Å². The summed E-state index contributed by atoms with van der Waals surface area (Å²) in [5.74, 6) is -0.243. The van der Waals surface area contributed by atoms with E-state index in [-0.39, 0.29) is 17.7 Å². The third-order valence-corrected chi connectivity index (χ3v) is 5.07. The van der Waals surface area contributed by atoms with E-state index >= 15 is 0 Å². The van der Waals surface area contributed by atoms with Gasteiger partial charge in [-0.1, -0.05) is 30.3 Å². The number of fused-ring (bicyclic) bond motifs is 1. The molecule has 1 fully saturated rings. The first-order valence-corrected chi connectivity index (χ1v) is 8.74. The molecule has 2 heterocycles. The van der Waals surface area contributed by atoms with Crippen LogP contribution in [0.3, 0.4) is 0 Å². The van der Waals surface area contributed by atoms with Crippen molar-refractivity contribution in [1.82, 2.24) is 20.0 Å². The van der Waals surface area contributed by atoms with E-state index in [0.717, 1.165) is 29.7 Å². The average molecular weight is 338 g/mol. The van der Waals surface area contributed by atoms with Gasteiger partial charge in [-0.2, -0.15) is 5.10 Å². The van der Waals surface area contributed by atoms with Crippen molar-refractivity contribution in [3.63, 3.8) is 0 Å². The fourth-order valence-corrected chi connectivity index (χ4v) is 3.37. The maximum Gasteiger partial charge on any atom is 0.272 e. The minimum absolute atomic E-state index is 0.0796. The number of hydrogen-bond donors (Lipinski definition) is 1. The Labute approximate surface area is 146 Å². The second kappa shape index (κ2) is 6.02. The molecule has 6 heteroatoms. The molecule has 0 unspecified atom stereocenters. The molecule has 1 aliphatic heterocycles. The Bertz CT molecular complexity index is 823. The Hall–Kier alpha value is -2.63. The van der Waals surface area contributed by atoms with Crippen LogP contribution in [0.5, 0.6) is 0 Å². The van der Waals surface area contributed by atoms with Gasteiger partial charge in [-0.15, -0.1) is 0 Å². The summed E-state index contributed by atoms with van der Waals surface area (Å²) in [4.78, 5) is 27.1. The van der Waals surface area contributed by atoms with Gasteiger partial charge in [0.2, 0.25) is 5.91 Å². The number of nitrogens with zero attached hydrogens (tertiary/aromatic N) is 3. The number of amides is 2. The molecule has 0 radical (unpaired) electrons. The molecule has 2 aliphatic rings. The molecule has 2 amide bonds. The van der Waals surface area contributed by atoms with Crippen molar-refractivity contribution < 1.29 is 9.59 Å². The Morgan fingerprint density at radius 3 is 2.60 bits per heavy atom. The lowest BCUT2D eigenvalue weighted by Gasteiger charge is -2.21. The molecule has 4 rings (SSSR count). The first-order chi connectivity index (χ1) is 12.0. The molecule has 1 saturated carbocycles. The molecular weight excluding hydrogens is 316 g/mol. The van der Waals surface area contributed by atoms with E-state index in [1.807, 2.05) is 49.2 Å². The van der Waals surface area contributed by atoms with Gasteiger partial charge in [-0.25, -0.2) is 0 Å². The SMILES string of the molecule is C[C@@H](C(=O)N1Cc2c(C(=O)NC3CC3)nn(C)c2C1)c1ccccc1. The van der Waals surface area contributed by atoms with E-state index in [2.05, 4.69) is 10.4 Å². The Morgan fingerprint density at radius 2 is 1.92 bits per heavy atom. The number of rotatable bonds is 4. The molecule has 0 saturated heterocycles. The highest BCUT2D eigenvalue weighted by Crippen LogP contribution is 2.29. The fraction of sp³-hybridized carbons (Fsp3) is 0.421. The number of carbonyl (C=O) groups excluding carboxylic acids is 2. The van der Waals surface area contributed by atoms with Gasteiger partial charge >= 0.3 is 0 Å². The molecule has 1 aromatic carbocycles. The minimum Gasteiger partial charge on any atom is -0.348 e.